The quantitative estimate of drug-likeness (QED) is 0.829. The molecule has 0 aliphatic heterocycles. The normalized spacial score (nSPS) is 10.2. The fourth-order valence-electron chi connectivity index (χ4n) is 1.78. The lowest BCUT2D eigenvalue weighted by molar-refractivity contribution is 0.0697. The summed E-state index contributed by atoms with van der Waals surface area (Å²) in [6.07, 6.45) is 0. The van der Waals surface area contributed by atoms with E-state index in [4.69, 9.17) is 14.6 Å². The van der Waals surface area contributed by atoms with Gasteiger partial charge in [-0.05, 0) is 55.0 Å². The number of halogens is 1. The Morgan fingerprint density at radius 1 is 1.10 bits per heavy atom. The minimum Gasteiger partial charge on any atom is -0.490 e. The summed E-state index contributed by atoms with van der Waals surface area (Å²) in [6, 6.07) is 10.4. The van der Waals surface area contributed by atoms with E-state index in [-0.39, 0.29) is 11.4 Å². The molecule has 0 atom stereocenters. The Morgan fingerprint density at radius 2 is 1.76 bits per heavy atom. The first kappa shape index (κ1) is 14.8. The zero-order valence-corrected chi connectivity index (χ0v) is 11.5. The molecule has 0 aromatic heterocycles. The molecule has 0 radical (unpaired) electrons. The maximum absolute atomic E-state index is 12.9. The van der Waals surface area contributed by atoms with E-state index in [0.29, 0.717) is 24.7 Å². The number of carboxylic acid groups (broad SMARTS) is 1. The molecule has 0 fully saturated rings. The smallest absolute Gasteiger partial charge is 0.335 e. The molecule has 2 aromatic carbocycles. The molecule has 1 N–H and O–H groups in total. The Balaban J connectivity index is 1.80. The summed E-state index contributed by atoms with van der Waals surface area (Å²) in [5.74, 6) is -0.0908. The number of aryl methyl sites for hydroxylation is 1. The van der Waals surface area contributed by atoms with Crippen LogP contribution >= 0.6 is 0 Å². The Hall–Kier alpha value is -2.56. The lowest BCUT2D eigenvalue weighted by Gasteiger charge is -2.10. The summed E-state index contributed by atoms with van der Waals surface area (Å²) in [7, 11) is 0. The van der Waals surface area contributed by atoms with Crippen LogP contribution in [-0.4, -0.2) is 24.3 Å². The van der Waals surface area contributed by atoms with Crippen LogP contribution in [0.2, 0.25) is 0 Å². The van der Waals surface area contributed by atoms with E-state index in [1.807, 2.05) is 0 Å². The molecule has 0 bridgehead atoms. The minimum absolute atomic E-state index is 0.209. The van der Waals surface area contributed by atoms with Crippen LogP contribution in [0.5, 0.6) is 11.5 Å². The molecular weight excluding hydrogens is 275 g/mol. The fraction of sp³-hybridized carbons (Fsp3) is 0.188. The van der Waals surface area contributed by atoms with Crippen molar-refractivity contribution in [3.63, 3.8) is 0 Å². The van der Waals surface area contributed by atoms with E-state index in [1.54, 1.807) is 25.1 Å². The maximum atomic E-state index is 12.9. The average Bonchev–Trinajstić information content (AvgIpc) is 2.46. The monoisotopic (exact) mass is 290 g/mol. The van der Waals surface area contributed by atoms with Gasteiger partial charge in [0.05, 0.1) is 5.56 Å². The molecule has 0 aliphatic carbocycles. The number of aromatic carboxylic acids is 1. The summed E-state index contributed by atoms with van der Waals surface area (Å²) in [5.41, 5.74) is 0.932. The van der Waals surface area contributed by atoms with E-state index in [0.717, 1.165) is 5.56 Å². The van der Waals surface area contributed by atoms with E-state index in [2.05, 4.69) is 0 Å². The van der Waals surface area contributed by atoms with Gasteiger partial charge in [0.1, 0.15) is 30.5 Å². The Labute approximate surface area is 121 Å². The number of rotatable bonds is 6. The van der Waals surface area contributed by atoms with E-state index in [9.17, 15) is 9.18 Å². The van der Waals surface area contributed by atoms with Gasteiger partial charge in [0.15, 0.2) is 0 Å². The summed E-state index contributed by atoms with van der Waals surface area (Å²) >= 11 is 0. The molecule has 21 heavy (non-hydrogen) atoms. The van der Waals surface area contributed by atoms with Crippen molar-refractivity contribution in [2.24, 2.45) is 0 Å². The van der Waals surface area contributed by atoms with Crippen LogP contribution in [0.25, 0.3) is 0 Å². The predicted molar refractivity (Wildman–Crippen MR) is 75.5 cm³/mol. The van der Waals surface area contributed by atoms with Crippen molar-refractivity contribution in [2.75, 3.05) is 13.2 Å². The third-order valence-corrected chi connectivity index (χ3v) is 2.85. The minimum atomic E-state index is -0.975. The zero-order valence-electron chi connectivity index (χ0n) is 11.5. The van der Waals surface area contributed by atoms with Gasteiger partial charge < -0.3 is 14.6 Å². The van der Waals surface area contributed by atoms with Crippen LogP contribution in [0, 0.1) is 12.7 Å². The van der Waals surface area contributed by atoms with Gasteiger partial charge in [0.2, 0.25) is 0 Å². The molecule has 4 nitrogen and oxygen atoms in total. The lowest BCUT2D eigenvalue weighted by Crippen LogP contribution is -2.09. The molecule has 0 aliphatic rings. The summed E-state index contributed by atoms with van der Waals surface area (Å²) < 4.78 is 23.8. The van der Waals surface area contributed by atoms with Crippen LogP contribution in [-0.2, 0) is 0 Å². The standard InChI is InChI=1S/C16H15FO4/c1-11-10-13(17)4-7-15(11)21-9-8-20-14-5-2-12(3-6-14)16(18)19/h2-7,10H,8-9H2,1H3,(H,18,19). The van der Waals surface area contributed by atoms with Crippen molar-refractivity contribution in [2.45, 2.75) is 6.92 Å². The molecule has 0 heterocycles. The van der Waals surface area contributed by atoms with Crippen LogP contribution in [0.3, 0.4) is 0 Å². The predicted octanol–water partition coefficient (Wildman–Crippen LogP) is 3.29. The van der Waals surface area contributed by atoms with E-state index < -0.39 is 5.97 Å². The van der Waals surface area contributed by atoms with Crippen molar-refractivity contribution >= 4 is 5.97 Å². The molecule has 0 amide bonds. The van der Waals surface area contributed by atoms with Crippen LogP contribution < -0.4 is 9.47 Å². The van der Waals surface area contributed by atoms with Crippen molar-refractivity contribution in [3.05, 3.63) is 59.4 Å². The Kier molecular flexibility index (Phi) is 4.77. The number of carbonyl (C=O) groups is 1. The highest BCUT2D eigenvalue weighted by molar-refractivity contribution is 5.87. The van der Waals surface area contributed by atoms with Gasteiger partial charge in [-0.15, -0.1) is 0 Å². The van der Waals surface area contributed by atoms with Crippen LogP contribution in [0.4, 0.5) is 4.39 Å². The largest absolute Gasteiger partial charge is 0.490 e. The van der Waals surface area contributed by atoms with Gasteiger partial charge in [-0.25, -0.2) is 9.18 Å². The second-order valence-corrected chi connectivity index (χ2v) is 4.44. The lowest BCUT2D eigenvalue weighted by atomic mass is 10.2. The summed E-state index contributed by atoms with van der Waals surface area (Å²) in [4.78, 5) is 10.7. The highest BCUT2D eigenvalue weighted by Gasteiger charge is 2.03. The van der Waals surface area contributed by atoms with Gasteiger partial charge >= 0.3 is 5.97 Å². The number of hydrogen-bond acceptors (Lipinski definition) is 3. The Morgan fingerprint density at radius 3 is 2.38 bits per heavy atom. The van der Waals surface area contributed by atoms with E-state index >= 15 is 0 Å². The molecule has 0 unspecified atom stereocenters. The summed E-state index contributed by atoms with van der Waals surface area (Å²) in [6.45, 7) is 2.39. The number of carboxylic acids is 1. The van der Waals surface area contributed by atoms with Crippen LogP contribution in [0.1, 0.15) is 15.9 Å². The third-order valence-electron chi connectivity index (χ3n) is 2.85. The summed E-state index contributed by atoms with van der Waals surface area (Å²) in [5, 5.41) is 8.77. The highest BCUT2D eigenvalue weighted by Crippen LogP contribution is 2.18. The molecule has 110 valence electrons. The van der Waals surface area contributed by atoms with Gasteiger partial charge in [-0.2, -0.15) is 0 Å². The van der Waals surface area contributed by atoms with Gasteiger partial charge in [-0.1, -0.05) is 0 Å². The van der Waals surface area contributed by atoms with Gasteiger partial charge in [0, 0.05) is 0 Å². The first-order valence-corrected chi connectivity index (χ1v) is 6.41. The average molecular weight is 290 g/mol. The molecular formula is C16H15FO4. The topological polar surface area (TPSA) is 55.8 Å². The number of benzene rings is 2. The van der Waals surface area contributed by atoms with Crippen molar-refractivity contribution < 1.29 is 23.8 Å². The molecule has 5 heteroatoms. The number of hydrogen-bond donors (Lipinski definition) is 1. The van der Waals surface area contributed by atoms with Crippen molar-refractivity contribution in [1.29, 1.82) is 0 Å². The molecule has 2 rings (SSSR count). The van der Waals surface area contributed by atoms with Gasteiger partial charge in [-0.3, -0.25) is 0 Å². The molecule has 2 aromatic rings. The zero-order chi connectivity index (χ0) is 15.2. The maximum Gasteiger partial charge on any atom is 0.335 e. The van der Waals surface area contributed by atoms with Gasteiger partial charge in [0.25, 0.3) is 0 Å². The first-order chi connectivity index (χ1) is 10.1. The third kappa shape index (κ3) is 4.21. The molecule has 0 saturated heterocycles. The fourth-order valence-corrected chi connectivity index (χ4v) is 1.78. The van der Waals surface area contributed by atoms with Crippen LogP contribution in [0.15, 0.2) is 42.5 Å². The van der Waals surface area contributed by atoms with Crippen molar-refractivity contribution in [3.8, 4) is 11.5 Å². The Bertz CT molecular complexity index is 623. The first-order valence-electron chi connectivity index (χ1n) is 6.41. The molecule has 0 spiro atoms. The SMILES string of the molecule is Cc1cc(F)ccc1OCCOc1ccc(C(=O)O)cc1. The second kappa shape index (κ2) is 6.74. The van der Waals surface area contributed by atoms with Crippen molar-refractivity contribution in [1.82, 2.24) is 0 Å². The van der Waals surface area contributed by atoms with E-state index in [1.165, 1.54) is 24.3 Å². The number of ether oxygens (including phenoxy) is 2. The highest BCUT2D eigenvalue weighted by atomic mass is 19.1. The second-order valence-electron chi connectivity index (χ2n) is 4.44. The molecule has 0 saturated carbocycles.